The van der Waals surface area contributed by atoms with Crippen molar-refractivity contribution in [3.05, 3.63) is 0 Å². The predicted octanol–water partition coefficient (Wildman–Crippen LogP) is 4.25. The molecular weight excluding hydrogens is 184 g/mol. The average molecular weight is 214 g/mol. The first-order valence-electron chi connectivity index (χ1n) is 6.58. The molecule has 0 unspecified atom stereocenters. The Kier molecular flexibility index (Phi) is 6.51. The summed E-state index contributed by atoms with van der Waals surface area (Å²) in [6, 6.07) is 0. The molecule has 0 aromatic rings. The Morgan fingerprint density at radius 1 is 0.867 bits per heavy atom. The van der Waals surface area contributed by atoms with E-state index in [1.807, 2.05) is 0 Å². The first-order valence-corrected chi connectivity index (χ1v) is 6.58. The Morgan fingerprint density at radius 3 is 1.40 bits per heavy atom. The normalized spacial score (nSPS) is 13.2. The largest absolute Gasteiger partial charge is 0.390 e. The van der Waals surface area contributed by atoms with Gasteiger partial charge in [-0.25, -0.2) is 0 Å². The molecule has 15 heavy (non-hydrogen) atoms. The molecule has 0 fully saturated rings. The molecule has 0 amide bonds. The first-order chi connectivity index (χ1) is 6.85. The van der Waals surface area contributed by atoms with Crippen molar-refractivity contribution in [2.24, 2.45) is 17.8 Å². The number of rotatable bonds is 7. The molecule has 0 rings (SSSR count). The summed E-state index contributed by atoms with van der Waals surface area (Å²) >= 11 is 0. The Morgan fingerprint density at radius 2 is 1.20 bits per heavy atom. The minimum absolute atomic E-state index is 0.439. The molecular formula is C14H30O. The predicted molar refractivity (Wildman–Crippen MR) is 67.9 cm³/mol. The maximum atomic E-state index is 10.8. The molecule has 0 bridgehead atoms. The molecule has 0 heterocycles. The zero-order valence-electron chi connectivity index (χ0n) is 11.5. The molecule has 0 spiro atoms. The van der Waals surface area contributed by atoms with Crippen molar-refractivity contribution in [3.63, 3.8) is 0 Å². The molecule has 0 radical (unpaired) electrons. The third kappa shape index (κ3) is 5.01. The van der Waals surface area contributed by atoms with Crippen LogP contribution in [-0.4, -0.2) is 10.7 Å². The van der Waals surface area contributed by atoms with Gasteiger partial charge in [0.15, 0.2) is 0 Å². The van der Waals surface area contributed by atoms with Crippen LogP contribution in [0.3, 0.4) is 0 Å². The Hall–Kier alpha value is -0.0400. The fraction of sp³-hybridized carbons (Fsp3) is 1.00. The first kappa shape index (κ1) is 15.0. The van der Waals surface area contributed by atoms with Gasteiger partial charge in [0.25, 0.3) is 0 Å². The molecule has 1 nitrogen and oxygen atoms in total. The summed E-state index contributed by atoms with van der Waals surface area (Å²) in [4.78, 5) is 0. The standard InChI is InChI=1S/C14H30O/c1-7-13(8-2)14(15,9-11(3)4)10-12(5)6/h11-13,15H,7-10H2,1-6H3. The lowest BCUT2D eigenvalue weighted by atomic mass is 9.73. The zero-order chi connectivity index (χ0) is 12.1. The van der Waals surface area contributed by atoms with Gasteiger partial charge in [-0.3, -0.25) is 0 Å². The van der Waals surface area contributed by atoms with Crippen molar-refractivity contribution in [3.8, 4) is 0 Å². The topological polar surface area (TPSA) is 20.2 Å². The molecule has 1 heteroatoms. The summed E-state index contributed by atoms with van der Waals surface area (Å²) in [5.74, 6) is 1.62. The average Bonchev–Trinajstić information content (AvgIpc) is 2.01. The second-order valence-corrected chi connectivity index (χ2v) is 5.81. The molecule has 0 aliphatic carbocycles. The van der Waals surface area contributed by atoms with Crippen LogP contribution < -0.4 is 0 Å². The molecule has 92 valence electrons. The van der Waals surface area contributed by atoms with Crippen LogP contribution in [0.4, 0.5) is 0 Å². The van der Waals surface area contributed by atoms with Gasteiger partial charge in [0, 0.05) is 0 Å². The minimum Gasteiger partial charge on any atom is -0.390 e. The monoisotopic (exact) mass is 214 g/mol. The molecule has 0 saturated carbocycles. The van der Waals surface area contributed by atoms with Crippen LogP contribution in [0, 0.1) is 17.8 Å². The van der Waals surface area contributed by atoms with E-state index in [2.05, 4.69) is 41.5 Å². The quantitative estimate of drug-likeness (QED) is 0.672. The van der Waals surface area contributed by atoms with Gasteiger partial charge in [-0.15, -0.1) is 0 Å². The van der Waals surface area contributed by atoms with Gasteiger partial charge in [-0.2, -0.15) is 0 Å². The smallest absolute Gasteiger partial charge is 0.0680 e. The minimum atomic E-state index is -0.439. The van der Waals surface area contributed by atoms with E-state index >= 15 is 0 Å². The van der Waals surface area contributed by atoms with Crippen molar-refractivity contribution < 1.29 is 5.11 Å². The molecule has 1 N–H and O–H groups in total. The van der Waals surface area contributed by atoms with Crippen molar-refractivity contribution in [1.82, 2.24) is 0 Å². The molecule has 0 aromatic carbocycles. The Bertz CT molecular complexity index is 147. The highest BCUT2D eigenvalue weighted by Gasteiger charge is 2.35. The van der Waals surface area contributed by atoms with Crippen LogP contribution in [0.1, 0.15) is 67.2 Å². The number of aliphatic hydroxyl groups is 1. The fourth-order valence-electron chi connectivity index (χ4n) is 2.88. The molecule has 0 aliphatic heterocycles. The van der Waals surface area contributed by atoms with Crippen LogP contribution in [0.5, 0.6) is 0 Å². The highest BCUT2D eigenvalue weighted by molar-refractivity contribution is 4.87. The highest BCUT2D eigenvalue weighted by atomic mass is 16.3. The van der Waals surface area contributed by atoms with Crippen molar-refractivity contribution >= 4 is 0 Å². The van der Waals surface area contributed by atoms with Crippen molar-refractivity contribution in [2.75, 3.05) is 0 Å². The van der Waals surface area contributed by atoms with E-state index in [0.29, 0.717) is 17.8 Å². The van der Waals surface area contributed by atoms with Gasteiger partial charge in [-0.1, -0.05) is 54.4 Å². The van der Waals surface area contributed by atoms with E-state index in [-0.39, 0.29) is 0 Å². The summed E-state index contributed by atoms with van der Waals surface area (Å²) in [6.07, 6.45) is 4.06. The van der Waals surface area contributed by atoms with Crippen molar-refractivity contribution in [1.29, 1.82) is 0 Å². The second kappa shape index (κ2) is 6.52. The second-order valence-electron chi connectivity index (χ2n) is 5.81. The van der Waals surface area contributed by atoms with E-state index in [0.717, 1.165) is 25.7 Å². The van der Waals surface area contributed by atoms with E-state index in [1.165, 1.54) is 0 Å². The summed E-state index contributed by atoms with van der Waals surface area (Å²) in [5.41, 5.74) is -0.439. The summed E-state index contributed by atoms with van der Waals surface area (Å²) in [5, 5.41) is 10.8. The van der Waals surface area contributed by atoms with Crippen LogP contribution in [0.25, 0.3) is 0 Å². The molecule has 0 aliphatic rings. The molecule has 0 saturated heterocycles. The summed E-state index contributed by atoms with van der Waals surface area (Å²) in [6.45, 7) is 13.2. The van der Waals surface area contributed by atoms with Crippen LogP contribution in [0.15, 0.2) is 0 Å². The Balaban J connectivity index is 4.65. The van der Waals surface area contributed by atoms with Gasteiger partial charge < -0.3 is 5.11 Å². The lowest BCUT2D eigenvalue weighted by Gasteiger charge is -2.38. The third-order valence-electron chi connectivity index (χ3n) is 3.27. The maximum Gasteiger partial charge on any atom is 0.0680 e. The van der Waals surface area contributed by atoms with E-state index in [1.54, 1.807) is 0 Å². The fourth-order valence-corrected chi connectivity index (χ4v) is 2.88. The van der Waals surface area contributed by atoms with Gasteiger partial charge in [0.05, 0.1) is 5.60 Å². The van der Waals surface area contributed by atoms with Gasteiger partial charge >= 0.3 is 0 Å². The zero-order valence-corrected chi connectivity index (χ0v) is 11.5. The Labute approximate surface area is 96.3 Å². The number of hydrogen-bond acceptors (Lipinski definition) is 1. The van der Waals surface area contributed by atoms with Gasteiger partial charge in [0.1, 0.15) is 0 Å². The molecule has 0 atom stereocenters. The SMILES string of the molecule is CCC(CC)C(O)(CC(C)C)CC(C)C. The van der Waals surface area contributed by atoms with E-state index in [9.17, 15) is 5.11 Å². The van der Waals surface area contributed by atoms with Crippen molar-refractivity contribution in [2.45, 2.75) is 72.8 Å². The highest BCUT2D eigenvalue weighted by Crippen LogP contribution is 2.35. The number of hydrogen-bond donors (Lipinski definition) is 1. The summed E-state index contributed by atoms with van der Waals surface area (Å²) < 4.78 is 0. The summed E-state index contributed by atoms with van der Waals surface area (Å²) in [7, 11) is 0. The lowest BCUT2D eigenvalue weighted by Crippen LogP contribution is -2.40. The lowest BCUT2D eigenvalue weighted by molar-refractivity contribution is -0.0549. The molecule has 0 aromatic heterocycles. The van der Waals surface area contributed by atoms with Crippen LogP contribution in [0.2, 0.25) is 0 Å². The maximum absolute atomic E-state index is 10.8. The van der Waals surface area contributed by atoms with E-state index < -0.39 is 5.60 Å². The van der Waals surface area contributed by atoms with Crippen LogP contribution in [-0.2, 0) is 0 Å². The van der Waals surface area contributed by atoms with Crippen LogP contribution >= 0.6 is 0 Å². The third-order valence-corrected chi connectivity index (χ3v) is 3.27. The van der Waals surface area contributed by atoms with E-state index in [4.69, 9.17) is 0 Å². The van der Waals surface area contributed by atoms with Gasteiger partial charge in [-0.05, 0) is 30.6 Å². The van der Waals surface area contributed by atoms with Gasteiger partial charge in [0.2, 0.25) is 0 Å².